The lowest BCUT2D eigenvalue weighted by atomic mass is 9.88. The van der Waals surface area contributed by atoms with Crippen molar-refractivity contribution >= 4 is 11.0 Å². The molecule has 9 heteroatoms. The highest BCUT2D eigenvalue weighted by molar-refractivity contribution is 5.87. The average molecular weight is 492 g/mol. The summed E-state index contributed by atoms with van der Waals surface area (Å²) in [6.45, 7) is 3.12. The number of piperidine rings is 1. The highest BCUT2D eigenvalue weighted by atomic mass is 16.5. The van der Waals surface area contributed by atoms with E-state index in [2.05, 4.69) is 33.3 Å². The minimum absolute atomic E-state index is 0.121. The maximum atomic E-state index is 10.7. The fraction of sp³-hybridized carbons (Fsp3) is 0.407. The molecule has 1 atom stereocenters. The summed E-state index contributed by atoms with van der Waals surface area (Å²) in [5.41, 5.74) is 3.35. The molecule has 2 aromatic heterocycles. The number of hydrogen-bond donors (Lipinski definition) is 2. The Morgan fingerprint density at radius 2 is 1.97 bits per heavy atom. The van der Waals surface area contributed by atoms with E-state index in [0.717, 1.165) is 50.1 Å². The molecule has 2 N–H and O–H groups in total. The van der Waals surface area contributed by atoms with Crippen molar-refractivity contribution in [3.63, 3.8) is 0 Å². The lowest BCUT2D eigenvalue weighted by molar-refractivity contribution is 0.0599. The largest absolute Gasteiger partial charge is 0.493 e. The molecular formula is C27H29N3O6. The smallest absolute Gasteiger partial charge is 0.283 e. The number of fused-ring (bicyclic) bond motifs is 2. The second kappa shape index (κ2) is 9.93. The number of nitrogens with zero attached hydrogens (tertiary/aromatic N) is 3. The van der Waals surface area contributed by atoms with Gasteiger partial charge in [0.15, 0.2) is 5.76 Å². The number of benzene rings is 2. The molecule has 4 heterocycles. The van der Waals surface area contributed by atoms with E-state index in [1.807, 2.05) is 18.2 Å². The molecule has 2 aliphatic heterocycles. The number of aliphatic hydroxyl groups excluding tert-OH is 2. The zero-order valence-electron chi connectivity index (χ0n) is 19.9. The average Bonchev–Trinajstić information content (AvgIpc) is 3.66. The van der Waals surface area contributed by atoms with Crippen molar-refractivity contribution in [2.45, 2.75) is 37.9 Å². The van der Waals surface area contributed by atoms with Crippen molar-refractivity contribution in [3.05, 3.63) is 59.5 Å². The van der Waals surface area contributed by atoms with Crippen molar-refractivity contribution in [1.29, 1.82) is 0 Å². The van der Waals surface area contributed by atoms with Crippen molar-refractivity contribution in [1.82, 2.24) is 15.1 Å². The van der Waals surface area contributed by atoms with E-state index in [9.17, 15) is 5.11 Å². The van der Waals surface area contributed by atoms with Crippen LogP contribution in [0.5, 0.6) is 11.5 Å². The molecule has 0 saturated carbocycles. The molecule has 2 aliphatic rings. The number of aliphatic hydroxyl groups is 2. The van der Waals surface area contributed by atoms with Gasteiger partial charge in [-0.3, -0.25) is 0 Å². The van der Waals surface area contributed by atoms with Crippen LogP contribution in [-0.4, -0.2) is 64.3 Å². The first-order chi connectivity index (χ1) is 17.7. The van der Waals surface area contributed by atoms with Crippen LogP contribution in [0.3, 0.4) is 0 Å². The maximum Gasteiger partial charge on any atom is 0.283 e. The number of aromatic nitrogens is 2. The lowest BCUT2D eigenvalue weighted by Gasteiger charge is -2.33. The third-order valence-corrected chi connectivity index (χ3v) is 7.01. The highest BCUT2D eigenvalue weighted by Crippen LogP contribution is 2.34. The Morgan fingerprint density at radius 1 is 1.08 bits per heavy atom. The fourth-order valence-electron chi connectivity index (χ4n) is 5.13. The summed E-state index contributed by atoms with van der Waals surface area (Å²) in [5.74, 6) is 2.91. The number of hydrogen-bond acceptors (Lipinski definition) is 9. The second-order valence-electron chi connectivity index (χ2n) is 9.44. The summed E-state index contributed by atoms with van der Waals surface area (Å²) >= 11 is 0. The van der Waals surface area contributed by atoms with Crippen molar-refractivity contribution in [3.8, 4) is 23.1 Å². The van der Waals surface area contributed by atoms with Gasteiger partial charge in [0.25, 0.3) is 5.89 Å². The van der Waals surface area contributed by atoms with E-state index >= 15 is 0 Å². The van der Waals surface area contributed by atoms with E-state index in [4.69, 9.17) is 23.4 Å². The molecule has 0 bridgehead atoms. The molecule has 4 aromatic rings. The van der Waals surface area contributed by atoms with Crippen LogP contribution in [0.15, 0.2) is 51.3 Å². The van der Waals surface area contributed by atoms with E-state index in [1.165, 1.54) is 11.1 Å². The Labute approximate surface area is 208 Å². The fourth-order valence-corrected chi connectivity index (χ4v) is 5.13. The number of rotatable bonds is 8. The van der Waals surface area contributed by atoms with Gasteiger partial charge in [-0.15, -0.1) is 10.2 Å². The second-order valence-corrected chi connectivity index (χ2v) is 9.44. The normalized spacial score (nSPS) is 17.3. The van der Waals surface area contributed by atoms with Gasteiger partial charge in [0.05, 0.1) is 12.0 Å². The van der Waals surface area contributed by atoms with Crippen molar-refractivity contribution < 1.29 is 28.5 Å². The Balaban J connectivity index is 1.03. The zero-order valence-corrected chi connectivity index (χ0v) is 19.9. The topological polar surface area (TPSA) is 114 Å². The summed E-state index contributed by atoms with van der Waals surface area (Å²) in [4.78, 5) is 2.31. The Bertz CT molecular complexity index is 1340. The van der Waals surface area contributed by atoms with E-state index in [-0.39, 0.29) is 25.0 Å². The molecule has 0 spiro atoms. The molecule has 1 saturated heterocycles. The predicted molar refractivity (Wildman–Crippen MR) is 131 cm³/mol. The van der Waals surface area contributed by atoms with Crippen LogP contribution >= 0.6 is 0 Å². The number of likely N-dealkylation sites (tertiary alicyclic amines) is 1. The first-order valence-electron chi connectivity index (χ1n) is 12.4. The lowest BCUT2D eigenvalue weighted by Crippen LogP contribution is -2.40. The van der Waals surface area contributed by atoms with E-state index in [0.29, 0.717) is 29.6 Å². The van der Waals surface area contributed by atoms with Gasteiger partial charge in [-0.05, 0) is 61.2 Å². The standard InChI is InChI=1S/C27H29N3O6/c31-15-26-28-29-27(36-26)25-13-21-23(2-1-3-24(21)35-25)34-16-20(32)14-30-9-6-17(7-10-30)18-4-5-22-19(12-18)8-11-33-22/h1-5,12-13,17,20,31-32H,6-11,14-16H2. The summed E-state index contributed by atoms with van der Waals surface area (Å²) in [5, 5.41) is 28.2. The van der Waals surface area contributed by atoms with Gasteiger partial charge in [0.2, 0.25) is 5.89 Å². The van der Waals surface area contributed by atoms with Gasteiger partial charge in [0, 0.05) is 19.0 Å². The minimum Gasteiger partial charge on any atom is -0.493 e. The minimum atomic E-state index is -0.608. The van der Waals surface area contributed by atoms with Crippen LogP contribution in [0.4, 0.5) is 0 Å². The summed E-state index contributed by atoms with van der Waals surface area (Å²) in [6.07, 6.45) is 2.56. The SMILES string of the molecule is OCc1nnc(-c2cc3c(OCC(O)CN4CCC(c5ccc6c(c5)CCO6)CC4)cccc3o2)o1. The summed E-state index contributed by atoms with van der Waals surface area (Å²) in [6, 6.07) is 13.9. The van der Waals surface area contributed by atoms with Crippen LogP contribution < -0.4 is 9.47 Å². The first kappa shape index (κ1) is 23.0. The molecule has 36 heavy (non-hydrogen) atoms. The van der Waals surface area contributed by atoms with Gasteiger partial charge < -0.3 is 33.4 Å². The van der Waals surface area contributed by atoms with Gasteiger partial charge in [0.1, 0.15) is 36.4 Å². The number of ether oxygens (including phenoxy) is 2. The van der Waals surface area contributed by atoms with Crippen LogP contribution in [0.1, 0.15) is 35.8 Å². The van der Waals surface area contributed by atoms with Crippen molar-refractivity contribution in [2.24, 2.45) is 0 Å². The molecule has 188 valence electrons. The molecule has 1 unspecified atom stereocenters. The Hall–Kier alpha value is -3.40. The van der Waals surface area contributed by atoms with Crippen molar-refractivity contribution in [2.75, 3.05) is 32.8 Å². The summed E-state index contributed by atoms with van der Waals surface area (Å²) < 4.78 is 22.8. The molecule has 0 amide bonds. The number of furan rings is 1. The highest BCUT2D eigenvalue weighted by Gasteiger charge is 2.24. The Kier molecular flexibility index (Phi) is 6.35. The molecule has 9 nitrogen and oxygen atoms in total. The van der Waals surface area contributed by atoms with Gasteiger partial charge in [-0.2, -0.15) is 0 Å². The van der Waals surface area contributed by atoms with Crippen LogP contribution in [-0.2, 0) is 13.0 Å². The summed E-state index contributed by atoms with van der Waals surface area (Å²) in [7, 11) is 0. The Morgan fingerprint density at radius 3 is 2.81 bits per heavy atom. The van der Waals surface area contributed by atoms with Crippen LogP contribution in [0.25, 0.3) is 22.6 Å². The first-order valence-corrected chi connectivity index (χ1v) is 12.4. The maximum absolute atomic E-state index is 10.7. The molecule has 0 aliphatic carbocycles. The molecular weight excluding hydrogens is 462 g/mol. The van der Waals surface area contributed by atoms with E-state index < -0.39 is 6.10 Å². The monoisotopic (exact) mass is 491 g/mol. The molecule has 6 rings (SSSR count). The zero-order chi connectivity index (χ0) is 24.5. The van der Waals surface area contributed by atoms with Gasteiger partial charge in [-0.1, -0.05) is 18.2 Å². The predicted octanol–water partition coefficient (Wildman–Crippen LogP) is 3.53. The van der Waals surface area contributed by atoms with Gasteiger partial charge in [-0.25, -0.2) is 0 Å². The molecule has 2 aromatic carbocycles. The third-order valence-electron chi connectivity index (χ3n) is 7.01. The third kappa shape index (κ3) is 4.69. The quantitative estimate of drug-likeness (QED) is 0.382. The van der Waals surface area contributed by atoms with Crippen LogP contribution in [0.2, 0.25) is 0 Å². The molecule has 1 fully saturated rings. The van der Waals surface area contributed by atoms with E-state index in [1.54, 1.807) is 6.07 Å². The van der Waals surface area contributed by atoms with Gasteiger partial charge >= 0.3 is 0 Å². The number of β-amino-alcohol motifs (C(OH)–C–C–N with tert-alkyl or cyclic N) is 1. The van der Waals surface area contributed by atoms with Crippen LogP contribution in [0, 0.1) is 0 Å². The molecule has 0 radical (unpaired) electrons.